The molecule has 1 N–H and O–H groups in total. The first-order chi connectivity index (χ1) is 11.7. The van der Waals surface area contributed by atoms with Gasteiger partial charge in [-0.25, -0.2) is 0 Å². The maximum atomic E-state index is 12.2. The Hall–Kier alpha value is -1.22. The second kappa shape index (κ2) is 8.24. The standard InChI is InChI=1S/C16H27N3O5/c20-14(17-3-6-18-7-9-22-10-8-18)13-15(21)19-4-1-16(2-5-19)23-11-12-24-16/h1-13H2,(H,17,20). The summed E-state index contributed by atoms with van der Waals surface area (Å²) in [5.41, 5.74) is 0. The molecule has 3 saturated heterocycles. The summed E-state index contributed by atoms with van der Waals surface area (Å²) in [7, 11) is 0. The third-order valence-corrected chi connectivity index (χ3v) is 4.86. The number of nitrogens with one attached hydrogen (secondary N) is 1. The first kappa shape index (κ1) is 17.6. The Balaban J connectivity index is 1.32. The lowest BCUT2D eigenvalue weighted by Crippen LogP contribution is -2.48. The molecular formula is C16H27N3O5. The Morgan fingerprint density at radius 2 is 1.62 bits per heavy atom. The molecule has 0 aliphatic carbocycles. The number of hydrogen-bond donors (Lipinski definition) is 1. The molecule has 0 radical (unpaired) electrons. The lowest BCUT2D eigenvalue weighted by atomic mass is 10.0. The highest BCUT2D eigenvalue weighted by Crippen LogP contribution is 2.31. The van der Waals surface area contributed by atoms with Gasteiger partial charge in [0.25, 0.3) is 0 Å². The van der Waals surface area contributed by atoms with E-state index in [-0.39, 0.29) is 18.2 Å². The fourth-order valence-corrected chi connectivity index (χ4v) is 3.37. The zero-order valence-electron chi connectivity index (χ0n) is 14.1. The van der Waals surface area contributed by atoms with Crippen molar-refractivity contribution < 1.29 is 23.8 Å². The summed E-state index contributed by atoms with van der Waals surface area (Å²) in [5.74, 6) is -0.814. The smallest absolute Gasteiger partial charge is 0.232 e. The van der Waals surface area contributed by atoms with Gasteiger partial charge in [0.1, 0.15) is 6.42 Å². The average Bonchev–Trinajstić information content (AvgIpc) is 3.04. The van der Waals surface area contributed by atoms with Gasteiger partial charge in [0.2, 0.25) is 11.8 Å². The molecule has 3 rings (SSSR count). The van der Waals surface area contributed by atoms with Crippen LogP contribution in [0.1, 0.15) is 19.3 Å². The van der Waals surface area contributed by atoms with Crippen LogP contribution >= 0.6 is 0 Å². The van der Waals surface area contributed by atoms with Gasteiger partial charge in [0.15, 0.2) is 5.79 Å². The molecular weight excluding hydrogens is 314 g/mol. The van der Waals surface area contributed by atoms with Crippen molar-refractivity contribution in [3.63, 3.8) is 0 Å². The maximum Gasteiger partial charge on any atom is 0.232 e. The van der Waals surface area contributed by atoms with Crippen LogP contribution in [0.25, 0.3) is 0 Å². The molecule has 0 atom stereocenters. The molecule has 1 spiro atoms. The zero-order chi connectivity index (χ0) is 16.8. The van der Waals surface area contributed by atoms with E-state index in [1.807, 2.05) is 0 Å². The predicted molar refractivity (Wildman–Crippen MR) is 85.3 cm³/mol. The van der Waals surface area contributed by atoms with E-state index in [1.165, 1.54) is 0 Å². The molecule has 3 aliphatic heterocycles. The number of ether oxygens (including phenoxy) is 3. The van der Waals surface area contributed by atoms with Crippen molar-refractivity contribution in [2.75, 3.05) is 65.7 Å². The third kappa shape index (κ3) is 4.66. The van der Waals surface area contributed by atoms with Gasteiger partial charge in [-0.05, 0) is 0 Å². The topological polar surface area (TPSA) is 80.3 Å². The van der Waals surface area contributed by atoms with Crippen LogP contribution < -0.4 is 5.32 Å². The van der Waals surface area contributed by atoms with Crippen molar-refractivity contribution in [2.24, 2.45) is 0 Å². The lowest BCUT2D eigenvalue weighted by molar-refractivity contribution is -0.187. The van der Waals surface area contributed by atoms with Crippen molar-refractivity contribution in [3.8, 4) is 0 Å². The van der Waals surface area contributed by atoms with E-state index >= 15 is 0 Å². The van der Waals surface area contributed by atoms with Crippen LogP contribution in [0.2, 0.25) is 0 Å². The first-order valence-electron chi connectivity index (χ1n) is 8.79. The van der Waals surface area contributed by atoms with Crippen molar-refractivity contribution in [3.05, 3.63) is 0 Å². The molecule has 136 valence electrons. The van der Waals surface area contributed by atoms with Crippen LogP contribution in [0.5, 0.6) is 0 Å². The minimum absolute atomic E-state index is 0.0855. The number of likely N-dealkylation sites (tertiary alicyclic amines) is 1. The van der Waals surface area contributed by atoms with E-state index in [0.717, 1.165) is 32.8 Å². The molecule has 0 aromatic heterocycles. The molecule has 3 heterocycles. The lowest BCUT2D eigenvalue weighted by Gasteiger charge is -2.37. The maximum absolute atomic E-state index is 12.2. The molecule has 2 amide bonds. The Morgan fingerprint density at radius 3 is 2.29 bits per heavy atom. The van der Waals surface area contributed by atoms with Crippen LogP contribution in [0.4, 0.5) is 0 Å². The van der Waals surface area contributed by atoms with E-state index in [9.17, 15) is 9.59 Å². The number of carbonyl (C=O) groups is 2. The summed E-state index contributed by atoms with van der Waals surface area (Å²) in [5, 5.41) is 2.83. The normalized spacial score (nSPS) is 24.2. The quantitative estimate of drug-likeness (QED) is 0.659. The summed E-state index contributed by atoms with van der Waals surface area (Å²) in [6, 6.07) is 0. The number of rotatable bonds is 5. The van der Waals surface area contributed by atoms with Crippen molar-refractivity contribution >= 4 is 11.8 Å². The molecule has 24 heavy (non-hydrogen) atoms. The molecule has 0 unspecified atom stereocenters. The molecule has 0 aromatic carbocycles. The Morgan fingerprint density at radius 1 is 0.958 bits per heavy atom. The molecule has 8 nitrogen and oxygen atoms in total. The van der Waals surface area contributed by atoms with Gasteiger partial charge in [0.05, 0.1) is 26.4 Å². The second-order valence-corrected chi connectivity index (χ2v) is 6.47. The third-order valence-electron chi connectivity index (χ3n) is 4.86. The second-order valence-electron chi connectivity index (χ2n) is 6.47. The van der Waals surface area contributed by atoms with Crippen molar-refractivity contribution in [1.82, 2.24) is 15.1 Å². The van der Waals surface area contributed by atoms with E-state index < -0.39 is 5.79 Å². The van der Waals surface area contributed by atoms with Gasteiger partial charge in [-0.1, -0.05) is 0 Å². The highest BCUT2D eigenvalue weighted by atomic mass is 16.7. The highest BCUT2D eigenvalue weighted by Gasteiger charge is 2.40. The summed E-state index contributed by atoms with van der Waals surface area (Å²) in [4.78, 5) is 28.2. The molecule has 3 fully saturated rings. The van der Waals surface area contributed by atoms with Crippen LogP contribution in [0.3, 0.4) is 0 Å². The van der Waals surface area contributed by atoms with Crippen LogP contribution in [-0.4, -0.2) is 93.1 Å². The zero-order valence-corrected chi connectivity index (χ0v) is 14.1. The molecule has 0 aromatic rings. The van der Waals surface area contributed by atoms with Gasteiger partial charge in [0, 0.05) is 52.1 Å². The Bertz CT molecular complexity index is 437. The number of hydrogen-bond acceptors (Lipinski definition) is 6. The van der Waals surface area contributed by atoms with Crippen molar-refractivity contribution in [1.29, 1.82) is 0 Å². The van der Waals surface area contributed by atoms with Gasteiger partial charge < -0.3 is 24.4 Å². The SMILES string of the molecule is O=C(CC(=O)N1CCC2(CC1)OCCO2)NCCN1CCOCC1. The Kier molecular flexibility index (Phi) is 6.04. The Labute approximate surface area is 142 Å². The van der Waals surface area contributed by atoms with Crippen molar-refractivity contribution in [2.45, 2.75) is 25.0 Å². The molecule has 0 saturated carbocycles. The number of morpholine rings is 1. The summed E-state index contributed by atoms with van der Waals surface area (Å²) < 4.78 is 16.6. The summed E-state index contributed by atoms with van der Waals surface area (Å²) >= 11 is 0. The fourth-order valence-electron chi connectivity index (χ4n) is 3.37. The molecule has 8 heteroatoms. The number of amides is 2. The van der Waals surface area contributed by atoms with Gasteiger partial charge in [-0.15, -0.1) is 0 Å². The first-order valence-corrected chi connectivity index (χ1v) is 8.79. The van der Waals surface area contributed by atoms with Gasteiger partial charge in [-0.3, -0.25) is 14.5 Å². The van der Waals surface area contributed by atoms with Gasteiger partial charge in [-0.2, -0.15) is 0 Å². The summed E-state index contributed by atoms with van der Waals surface area (Å²) in [6.07, 6.45) is 1.27. The largest absolute Gasteiger partial charge is 0.379 e. The molecule has 0 bridgehead atoms. The van der Waals surface area contributed by atoms with Crippen LogP contribution in [0, 0.1) is 0 Å². The minimum Gasteiger partial charge on any atom is -0.379 e. The van der Waals surface area contributed by atoms with E-state index in [4.69, 9.17) is 14.2 Å². The number of carbonyl (C=O) groups excluding carboxylic acids is 2. The predicted octanol–water partition coefficient (Wildman–Crippen LogP) is -0.810. The highest BCUT2D eigenvalue weighted by molar-refractivity contribution is 5.96. The van der Waals surface area contributed by atoms with E-state index in [1.54, 1.807) is 4.90 Å². The fraction of sp³-hybridized carbons (Fsp3) is 0.875. The number of piperidine rings is 1. The van der Waals surface area contributed by atoms with Gasteiger partial charge >= 0.3 is 0 Å². The van der Waals surface area contributed by atoms with E-state index in [2.05, 4.69) is 10.2 Å². The molecule has 3 aliphatic rings. The van der Waals surface area contributed by atoms with Crippen LogP contribution in [-0.2, 0) is 23.8 Å². The summed E-state index contributed by atoms with van der Waals surface area (Å²) in [6.45, 7) is 7.06. The average molecular weight is 341 g/mol. The number of nitrogens with zero attached hydrogens (tertiary/aromatic N) is 2. The van der Waals surface area contributed by atoms with Crippen LogP contribution in [0.15, 0.2) is 0 Å². The minimum atomic E-state index is -0.489. The van der Waals surface area contributed by atoms with E-state index in [0.29, 0.717) is 45.7 Å². The monoisotopic (exact) mass is 341 g/mol.